The zero-order valence-corrected chi connectivity index (χ0v) is 13.6. The maximum atomic E-state index is 2.77. The van der Waals surface area contributed by atoms with E-state index in [4.69, 9.17) is 0 Å². The van der Waals surface area contributed by atoms with Gasteiger partial charge in [0.25, 0.3) is 0 Å². The van der Waals surface area contributed by atoms with Crippen molar-refractivity contribution in [3.63, 3.8) is 0 Å². The minimum atomic E-state index is 0.318. The van der Waals surface area contributed by atoms with Gasteiger partial charge in [0.1, 0.15) is 0 Å². The molecular weight excluding hydrogens is 218 g/mol. The van der Waals surface area contributed by atoms with Crippen LogP contribution in [-0.4, -0.2) is 23.0 Å². The molecule has 106 valence electrons. The Labute approximate surface area is 114 Å². The summed E-state index contributed by atoms with van der Waals surface area (Å²) < 4.78 is 0. The molecule has 0 N–H and O–H groups in total. The van der Waals surface area contributed by atoms with E-state index < -0.39 is 0 Å². The third kappa shape index (κ3) is 2.92. The van der Waals surface area contributed by atoms with Crippen molar-refractivity contribution >= 4 is 0 Å². The van der Waals surface area contributed by atoms with E-state index in [9.17, 15) is 0 Å². The first-order valence-electron chi connectivity index (χ1n) is 7.87. The molecule has 2 aliphatic rings. The predicted molar refractivity (Wildman–Crippen MR) is 79.7 cm³/mol. The van der Waals surface area contributed by atoms with E-state index in [2.05, 4.69) is 53.4 Å². The van der Waals surface area contributed by atoms with Crippen LogP contribution in [0.5, 0.6) is 0 Å². The SMILES string of the molecule is CC1CC1C1CCN(C(C)(C)C)C(C(C)(C)C)C1. The van der Waals surface area contributed by atoms with E-state index in [0.717, 1.165) is 23.8 Å². The highest BCUT2D eigenvalue weighted by molar-refractivity contribution is 4.99. The van der Waals surface area contributed by atoms with Crippen LogP contribution in [-0.2, 0) is 0 Å². The van der Waals surface area contributed by atoms with Crippen LogP contribution in [0.3, 0.4) is 0 Å². The first kappa shape index (κ1) is 14.4. The Morgan fingerprint density at radius 3 is 1.89 bits per heavy atom. The van der Waals surface area contributed by atoms with E-state index in [1.165, 1.54) is 25.8 Å². The molecule has 0 aromatic heterocycles. The van der Waals surface area contributed by atoms with Gasteiger partial charge in [0, 0.05) is 11.6 Å². The topological polar surface area (TPSA) is 3.24 Å². The lowest BCUT2D eigenvalue weighted by Gasteiger charge is -2.52. The third-order valence-corrected chi connectivity index (χ3v) is 5.28. The first-order valence-corrected chi connectivity index (χ1v) is 7.87. The van der Waals surface area contributed by atoms with Crippen molar-refractivity contribution in [3.8, 4) is 0 Å². The second kappa shape index (κ2) is 4.51. The highest BCUT2D eigenvalue weighted by Crippen LogP contribution is 2.50. The zero-order valence-electron chi connectivity index (χ0n) is 13.6. The fourth-order valence-corrected chi connectivity index (χ4v) is 4.01. The number of likely N-dealkylation sites (tertiary alicyclic amines) is 1. The molecule has 1 aliphatic carbocycles. The van der Waals surface area contributed by atoms with Crippen molar-refractivity contribution in [1.82, 2.24) is 4.90 Å². The molecule has 0 radical (unpaired) electrons. The maximum absolute atomic E-state index is 2.77. The molecule has 0 aromatic rings. The van der Waals surface area contributed by atoms with Crippen molar-refractivity contribution in [1.29, 1.82) is 0 Å². The molecule has 18 heavy (non-hydrogen) atoms. The van der Waals surface area contributed by atoms with Crippen LogP contribution in [0.1, 0.15) is 67.7 Å². The van der Waals surface area contributed by atoms with Crippen molar-refractivity contribution in [2.45, 2.75) is 79.3 Å². The monoisotopic (exact) mass is 251 g/mol. The molecule has 2 fully saturated rings. The van der Waals surface area contributed by atoms with Crippen LogP contribution in [0.2, 0.25) is 0 Å². The fraction of sp³-hybridized carbons (Fsp3) is 1.00. The molecule has 1 saturated carbocycles. The van der Waals surface area contributed by atoms with Crippen LogP contribution in [0, 0.1) is 23.2 Å². The number of piperidine rings is 1. The van der Waals surface area contributed by atoms with E-state index in [1.54, 1.807) is 0 Å². The van der Waals surface area contributed by atoms with Gasteiger partial charge in [-0.25, -0.2) is 0 Å². The van der Waals surface area contributed by atoms with Crippen molar-refractivity contribution in [3.05, 3.63) is 0 Å². The maximum Gasteiger partial charge on any atom is 0.0152 e. The Kier molecular flexibility index (Phi) is 3.60. The van der Waals surface area contributed by atoms with Crippen molar-refractivity contribution in [2.75, 3.05) is 6.54 Å². The second-order valence-electron chi connectivity index (χ2n) is 8.91. The van der Waals surface area contributed by atoms with Gasteiger partial charge in [-0.2, -0.15) is 0 Å². The van der Waals surface area contributed by atoms with Gasteiger partial charge in [-0.15, -0.1) is 0 Å². The highest BCUT2D eigenvalue weighted by Gasteiger charge is 2.46. The summed E-state index contributed by atoms with van der Waals surface area (Å²) in [6, 6.07) is 0.754. The molecule has 2 rings (SSSR count). The second-order valence-corrected chi connectivity index (χ2v) is 8.91. The van der Waals surface area contributed by atoms with Crippen molar-refractivity contribution < 1.29 is 0 Å². The highest BCUT2D eigenvalue weighted by atomic mass is 15.2. The number of rotatable bonds is 1. The predicted octanol–water partition coefficient (Wildman–Crippen LogP) is 4.57. The molecule has 1 heterocycles. The molecule has 0 spiro atoms. The summed E-state index contributed by atoms with van der Waals surface area (Å²) in [7, 11) is 0. The summed E-state index contributed by atoms with van der Waals surface area (Å²) >= 11 is 0. The Bertz CT molecular complexity index is 294. The molecule has 1 aliphatic heterocycles. The van der Waals surface area contributed by atoms with Crippen LogP contribution in [0.15, 0.2) is 0 Å². The average Bonchev–Trinajstić information content (AvgIpc) is 2.92. The van der Waals surface area contributed by atoms with Gasteiger partial charge < -0.3 is 0 Å². The lowest BCUT2D eigenvalue weighted by Crippen LogP contribution is -2.57. The quantitative estimate of drug-likeness (QED) is 0.660. The largest absolute Gasteiger partial charge is 0.295 e. The van der Waals surface area contributed by atoms with Crippen molar-refractivity contribution in [2.24, 2.45) is 23.2 Å². The molecule has 0 aromatic carbocycles. The van der Waals surface area contributed by atoms with Gasteiger partial charge in [0.05, 0.1) is 0 Å². The summed E-state index contributed by atoms with van der Waals surface area (Å²) in [6.45, 7) is 18.2. The molecule has 1 heteroatoms. The molecule has 4 atom stereocenters. The normalized spacial score (nSPS) is 38.8. The molecular formula is C17H33N. The van der Waals surface area contributed by atoms with Gasteiger partial charge in [0.2, 0.25) is 0 Å². The summed E-state index contributed by atoms with van der Waals surface area (Å²) in [5.41, 5.74) is 0.724. The Morgan fingerprint density at radius 1 is 0.944 bits per heavy atom. The molecule has 1 saturated heterocycles. The van der Waals surface area contributed by atoms with Crippen LogP contribution >= 0.6 is 0 Å². The Balaban J connectivity index is 2.11. The third-order valence-electron chi connectivity index (χ3n) is 5.28. The molecule has 4 unspecified atom stereocenters. The Morgan fingerprint density at radius 2 is 1.50 bits per heavy atom. The smallest absolute Gasteiger partial charge is 0.0152 e. The number of hydrogen-bond donors (Lipinski definition) is 0. The van der Waals surface area contributed by atoms with Crippen LogP contribution in [0.25, 0.3) is 0 Å². The van der Waals surface area contributed by atoms with Gasteiger partial charge >= 0.3 is 0 Å². The summed E-state index contributed by atoms with van der Waals surface area (Å²) in [4.78, 5) is 2.77. The summed E-state index contributed by atoms with van der Waals surface area (Å²) in [5.74, 6) is 3.07. The Hall–Kier alpha value is -0.0400. The summed E-state index contributed by atoms with van der Waals surface area (Å²) in [6.07, 6.45) is 4.35. The van der Waals surface area contributed by atoms with Crippen LogP contribution < -0.4 is 0 Å². The van der Waals surface area contributed by atoms with Gasteiger partial charge in [-0.05, 0) is 69.7 Å². The number of hydrogen-bond acceptors (Lipinski definition) is 1. The molecule has 0 bridgehead atoms. The number of nitrogens with zero attached hydrogens (tertiary/aromatic N) is 1. The fourth-order valence-electron chi connectivity index (χ4n) is 4.01. The molecule has 0 amide bonds. The van der Waals surface area contributed by atoms with E-state index >= 15 is 0 Å². The minimum absolute atomic E-state index is 0.318. The van der Waals surface area contributed by atoms with E-state index in [0.29, 0.717) is 11.0 Å². The molecule has 1 nitrogen and oxygen atoms in total. The van der Waals surface area contributed by atoms with E-state index in [-0.39, 0.29) is 0 Å². The lowest BCUT2D eigenvalue weighted by molar-refractivity contribution is -0.0264. The van der Waals surface area contributed by atoms with Gasteiger partial charge in [-0.3, -0.25) is 4.90 Å². The summed E-state index contributed by atoms with van der Waals surface area (Å²) in [5, 5.41) is 0. The minimum Gasteiger partial charge on any atom is -0.295 e. The lowest BCUT2D eigenvalue weighted by atomic mass is 9.73. The van der Waals surface area contributed by atoms with Gasteiger partial charge in [-0.1, -0.05) is 27.7 Å². The van der Waals surface area contributed by atoms with Crippen LogP contribution in [0.4, 0.5) is 0 Å². The zero-order chi connectivity index (χ0) is 13.7. The first-order chi connectivity index (χ1) is 8.10. The van der Waals surface area contributed by atoms with Gasteiger partial charge in [0.15, 0.2) is 0 Å². The average molecular weight is 251 g/mol. The van der Waals surface area contributed by atoms with E-state index in [1.807, 2.05) is 0 Å². The standard InChI is InChI=1S/C17H33N/c1-12-10-14(12)13-8-9-18(17(5,6)7)15(11-13)16(2,3)4/h12-15H,8-11H2,1-7H3.